The Labute approximate surface area is 167 Å². The zero-order valence-corrected chi connectivity index (χ0v) is 17.1. The molecule has 0 fully saturated rings. The van der Waals surface area contributed by atoms with Crippen LogP contribution in [-0.4, -0.2) is 35.2 Å². The van der Waals surface area contributed by atoms with Crippen LogP contribution in [0.4, 0.5) is 0 Å². The summed E-state index contributed by atoms with van der Waals surface area (Å²) in [5.74, 6) is -2.15. The van der Waals surface area contributed by atoms with Crippen LogP contribution in [0.15, 0.2) is 91.0 Å². The van der Waals surface area contributed by atoms with Crippen LogP contribution in [0.1, 0.15) is 31.1 Å². The van der Waals surface area contributed by atoms with Gasteiger partial charge in [-0.15, -0.1) is 0 Å². The number of rotatable bonds is 6. The molecule has 3 aromatic carbocycles. The first kappa shape index (κ1) is 19.5. The van der Waals surface area contributed by atoms with Crippen LogP contribution in [0.2, 0.25) is 0 Å². The molecule has 0 saturated carbocycles. The van der Waals surface area contributed by atoms with E-state index in [1.54, 1.807) is 91.0 Å². The Hall–Kier alpha value is -3.29. The van der Waals surface area contributed by atoms with Crippen LogP contribution >= 0.6 is 0 Å². The van der Waals surface area contributed by atoms with Gasteiger partial charge in [-0.1, -0.05) is 0 Å². The van der Waals surface area contributed by atoms with Crippen molar-refractivity contribution in [2.45, 2.75) is 0 Å². The predicted octanol–water partition coefficient (Wildman–Crippen LogP) is 3.54. The minimum absolute atomic E-state index is 0.268. The second-order valence-electron chi connectivity index (χ2n) is 5.60. The second-order valence-corrected chi connectivity index (χ2v) is 8.30. The van der Waals surface area contributed by atoms with E-state index in [4.69, 9.17) is 10.6 Å². The van der Waals surface area contributed by atoms with Gasteiger partial charge in [0.2, 0.25) is 0 Å². The molecule has 3 aromatic rings. The molecule has 0 aliphatic heterocycles. The van der Waals surface area contributed by atoms with E-state index in [0.717, 1.165) is 0 Å². The third-order valence-corrected chi connectivity index (χ3v) is 6.20. The normalized spacial score (nSPS) is 9.86. The molecule has 0 aliphatic carbocycles. The molecule has 0 unspecified atom stereocenters. The first-order valence-electron chi connectivity index (χ1n) is 8.41. The maximum absolute atomic E-state index is 12.3. The number of carbonyl (C=O) groups excluding carboxylic acids is 3. The van der Waals surface area contributed by atoms with Crippen LogP contribution in [0, 0.1) is 0 Å². The van der Waals surface area contributed by atoms with Crippen molar-refractivity contribution >= 4 is 35.2 Å². The van der Waals surface area contributed by atoms with E-state index in [1.165, 1.54) is 0 Å². The fourth-order valence-electron chi connectivity index (χ4n) is 2.26. The van der Waals surface area contributed by atoms with E-state index < -0.39 is 35.2 Å². The third kappa shape index (κ3) is 5.35. The summed E-state index contributed by atoms with van der Waals surface area (Å²) in [7, 11) is 0. The Morgan fingerprint density at radius 2 is 0.714 bits per heavy atom. The molecule has 138 valence electrons. The molecule has 0 N–H and O–H groups in total. The van der Waals surface area contributed by atoms with Gasteiger partial charge in [0.25, 0.3) is 0 Å². The number of benzene rings is 3. The fraction of sp³-hybridized carbons (Fsp3) is 0. The Bertz CT molecular complexity index is 817. The Morgan fingerprint density at radius 3 is 0.964 bits per heavy atom. The molecule has 0 radical (unpaired) electrons. The van der Waals surface area contributed by atoms with Gasteiger partial charge in [-0.3, -0.25) is 0 Å². The van der Waals surface area contributed by atoms with Gasteiger partial charge in [0.1, 0.15) is 0 Å². The number of hydrogen-bond donors (Lipinski definition) is 0. The average molecular weight is 433 g/mol. The monoisotopic (exact) mass is 432 g/mol. The van der Waals surface area contributed by atoms with Crippen LogP contribution < -0.4 is 0 Å². The van der Waals surface area contributed by atoms with E-state index in [9.17, 15) is 14.4 Å². The van der Waals surface area contributed by atoms with Gasteiger partial charge in [-0.2, -0.15) is 0 Å². The summed E-state index contributed by atoms with van der Waals surface area (Å²) in [6.45, 7) is 0. The second kappa shape index (κ2) is 9.59. The SMILES string of the molecule is O=C([O][Ga]([O]C(=O)c1ccccc1)[O]C(=O)c1ccccc1)c1ccccc1. The van der Waals surface area contributed by atoms with Gasteiger partial charge < -0.3 is 0 Å². The fourth-order valence-corrected chi connectivity index (χ4v) is 4.52. The van der Waals surface area contributed by atoms with Crippen LogP contribution in [-0.2, 0) is 10.6 Å². The van der Waals surface area contributed by atoms with Gasteiger partial charge in [0.05, 0.1) is 0 Å². The summed E-state index contributed by atoms with van der Waals surface area (Å²) in [5.41, 5.74) is 0.805. The van der Waals surface area contributed by atoms with Crippen molar-refractivity contribution in [2.24, 2.45) is 0 Å². The van der Waals surface area contributed by atoms with Crippen molar-refractivity contribution < 1.29 is 25.0 Å². The van der Waals surface area contributed by atoms with Crippen molar-refractivity contribution in [1.82, 2.24) is 0 Å². The van der Waals surface area contributed by atoms with E-state index in [-0.39, 0.29) is 16.7 Å². The molecule has 0 aliphatic rings. The van der Waals surface area contributed by atoms with Crippen LogP contribution in [0.5, 0.6) is 0 Å². The van der Waals surface area contributed by atoms with Crippen molar-refractivity contribution in [3.8, 4) is 0 Å². The van der Waals surface area contributed by atoms with E-state index in [1.807, 2.05) is 0 Å². The molecule has 0 spiro atoms. The van der Waals surface area contributed by atoms with Gasteiger partial charge in [0, 0.05) is 0 Å². The maximum atomic E-state index is 12.3. The van der Waals surface area contributed by atoms with Gasteiger partial charge >= 0.3 is 168 Å². The van der Waals surface area contributed by atoms with E-state index in [2.05, 4.69) is 0 Å². The number of hydrogen-bond acceptors (Lipinski definition) is 6. The topological polar surface area (TPSA) is 78.9 Å². The van der Waals surface area contributed by atoms with Gasteiger partial charge in [0.15, 0.2) is 0 Å². The van der Waals surface area contributed by atoms with Crippen molar-refractivity contribution in [2.75, 3.05) is 0 Å². The zero-order chi connectivity index (χ0) is 19.8. The van der Waals surface area contributed by atoms with Crippen LogP contribution in [0.3, 0.4) is 0 Å². The van der Waals surface area contributed by atoms with Crippen molar-refractivity contribution in [1.29, 1.82) is 0 Å². The minimum atomic E-state index is -4.03. The molecule has 0 aromatic heterocycles. The van der Waals surface area contributed by atoms with Gasteiger partial charge in [-0.25, -0.2) is 0 Å². The third-order valence-electron chi connectivity index (χ3n) is 3.64. The molecule has 6 nitrogen and oxygen atoms in total. The van der Waals surface area contributed by atoms with E-state index >= 15 is 0 Å². The molecule has 3 rings (SSSR count). The Kier molecular flexibility index (Phi) is 6.67. The zero-order valence-electron chi connectivity index (χ0n) is 14.7. The summed E-state index contributed by atoms with van der Waals surface area (Å²) < 4.78 is 15.8. The summed E-state index contributed by atoms with van der Waals surface area (Å²) >= 11 is -4.03. The predicted molar refractivity (Wildman–Crippen MR) is 101 cm³/mol. The standard InChI is InChI=1S/3C7H6O2.Ga/c3*8-7(9)6-4-2-1-3-5-6;/h3*1-5H,(H,8,9);/q;;;+3/p-3. The molecule has 0 amide bonds. The summed E-state index contributed by atoms with van der Waals surface area (Å²) in [5, 5.41) is 0. The molecular formula is C21H15GaO6. The first-order valence-corrected chi connectivity index (χ1v) is 11.4. The summed E-state index contributed by atoms with van der Waals surface area (Å²) in [6, 6.07) is 24.6. The first-order chi connectivity index (χ1) is 13.6. The Balaban J connectivity index is 1.76. The molecule has 0 heterocycles. The molecule has 0 saturated heterocycles. The molecule has 0 bridgehead atoms. The van der Waals surface area contributed by atoms with Crippen LogP contribution in [0.25, 0.3) is 0 Å². The summed E-state index contributed by atoms with van der Waals surface area (Å²) in [6.07, 6.45) is 0. The van der Waals surface area contributed by atoms with Gasteiger partial charge in [-0.05, 0) is 0 Å². The number of carbonyl (C=O) groups is 3. The average Bonchev–Trinajstić information content (AvgIpc) is 2.75. The molecular weight excluding hydrogens is 418 g/mol. The molecule has 28 heavy (non-hydrogen) atoms. The van der Waals surface area contributed by atoms with Crippen molar-refractivity contribution in [3.63, 3.8) is 0 Å². The molecule has 0 atom stereocenters. The van der Waals surface area contributed by atoms with E-state index in [0.29, 0.717) is 0 Å². The summed E-state index contributed by atoms with van der Waals surface area (Å²) in [4.78, 5) is 37.0. The molecule has 7 heteroatoms. The van der Waals surface area contributed by atoms with Crippen molar-refractivity contribution in [3.05, 3.63) is 108 Å². The quantitative estimate of drug-likeness (QED) is 0.554. The Morgan fingerprint density at radius 1 is 0.464 bits per heavy atom.